The normalized spacial score (nSPS) is 12.1. The monoisotopic (exact) mass is 340 g/mol. The van der Waals surface area contributed by atoms with Crippen LogP contribution >= 0.6 is 0 Å². The molecule has 0 bridgehead atoms. The van der Waals surface area contributed by atoms with E-state index in [0.717, 1.165) is 4.31 Å². The highest BCUT2D eigenvalue weighted by Gasteiger charge is 2.24. The van der Waals surface area contributed by atoms with Crippen molar-refractivity contribution in [1.82, 2.24) is 18.3 Å². The van der Waals surface area contributed by atoms with E-state index in [-0.39, 0.29) is 23.0 Å². The predicted molar refractivity (Wildman–Crippen MR) is 86.7 cm³/mol. The second-order valence-electron chi connectivity index (χ2n) is 5.60. The van der Waals surface area contributed by atoms with E-state index < -0.39 is 10.0 Å². The molecule has 0 N–H and O–H groups in total. The lowest BCUT2D eigenvalue weighted by molar-refractivity contribution is -0.128. The summed E-state index contributed by atoms with van der Waals surface area (Å²) in [5, 5.41) is 0. The zero-order valence-electron chi connectivity index (χ0n) is 13.8. The zero-order chi connectivity index (χ0) is 17.5. The first-order valence-corrected chi connectivity index (χ1v) is 8.33. The number of likely N-dealkylation sites (N-methyl/N-ethyl adjacent to an activating group) is 2. The quantitative estimate of drug-likeness (QED) is 0.757. The molecular weight excluding hydrogens is 320 g/mol. The van der Waals surface area contributed by atoms with Crippen LogP contribution < -0.4 is 5.69 Å². The maximum Gasteiger partial charge on any atom is 0.328 e. The molecule has 23 heavy (non-hydrogen) atoms. The Hall–Kier alpha value is -2.13. The fourth-order valence-electron chi connectivity index (χ4n) is 2.24. The molecule has 1 aromatic carbocycles. The molecular formula is C14H20N4O4S. The molecule has 0 spiro atoms. The molecule has 0 aliphatic heterocycles. The lowest BCUT2D eigenvalue weighted by Crippen LogP contribution is -2.37. The Kier molecular flexibility index (Phi) is 4.36. The van der Waals surface area contributed by atoms with Crippen molar-refractivity contribution in [2.24, 2.45) is 14.1 Å². The number of carbonyl (C=O) groups is 1. The van der Waals surface area contributed by atoms with Crippen molar-refractivity contribution in [2.45, 2.75) is 4.90 Å². The van der Waals surface area contributed by atoms with Gasteiger partial charge < -0.3 is 4.90 Å². The Morgan fingerprint density at radius 3 is 2.22 bits per heavy atom. The zero-order valence-corrected chi connectivity index (χ0v) is 14.6. The molecule has 1 amide bonds. The standard InChI is InChI=1S/C14H20N4O4S/c1-15(2)13(19)9-16(3)23(21,22)10-6-7-11-12(8-10)18(5)14(20)17(11)4/h6-8H,9H2,1-5H3. The van der Waals surface area contributed by atoms with Gasteiger partial charge in [-0.05, 0) is 18.2 Å². The number of hydrogen-bond donors (Lipinski definition) is 0. The van der Waals surface area contributed by atoms with Gasteiger partial charge in [0.25, 0.3) is 0 Å². The highest BCUT2D eigenvalue weighted by molar-refractivity contribution is 7.89. The summed E-state index contributed by atoms with van der Waals surface area (Å²) in [6.07, 6.45) is 0. The Morgan fingerprint density at radius 1 is 1.09 bits per heavy atom. The van der Waals surface area contributed by atoms with Crippen LogP contribution in [0.1, 0.15) is 0 Å². The maximum absolute atomic E-state index is 12.6. The lowest BCUT2D eigenvalue weighted by atomic mass is 10.3. The number of aromatic nitrogens is 2. The van der Waals surface area contributed by atoms with Gasteiger partial charge in [0.2, 0.25) is 15.9 Å². The molecule has 1 aromatic heterocycles. The first-order chi connectivity index (χ1) is 10.6. The van der Waals surface area contributed by atoms with Gasteiger partial charge in [-0.1, -0.05) is 0 Å². The van der Waals surface area contributed by atoms with Gasteiger partial charge in [0.1, 0.15) is 0 Å². The SMILES string of the molecule is CN(C)C(=O)CN(C)S(=O)(=O)c1ccc2c(c1)n(C)c(=O)n2C. The van der Waals surface area contributed by atoms with Crippen molar-refractivity contribution in [3.63, 3.8) is 0 Å². The van der Waals surface area contributed by atoms with Gasteiger partial charge in [-0.25, -0.2) is 13.2 Å². The largest absolute Gasteiger partial charge is 0.348 e. The van der Waals surface area contributed by atoms with Crippen LogP contribution in [0.5, 0.6) is 0 Å². The van der Waals surface area contributed by atoms with E-state index in [1.807, 2.05) is 0 Å². The molecule has 2 aromatic rings. The smallest absolute Gasteiger partial charge is 0.328 e. The molecule has 0 atom stereocenters. The van der Waals surface area contributed by atoms with Crippen LogP contribution in [-0.4, -0.2) is 60.4 Å². The molecule has 0 radical (unpaired) electrons. The van der Waals surface area contributed by atoms with Crippen LogP contribution in [0.25, 0.3) is 11.0 Å². The average molecular weight is 340 g/mol. The van der Waals surface area contributed by atoms with Crippen molar-refractivity contribution in [2.75, 3.05) is 27.7 Å². The first kappa shape index (κ1) is 17.2. The molecule has 1 heterocycles. The molecule has 8 nitrogen and oxygen atoms in total. The molecule has 0 saturated heterocycles. The maximum atomic E-state index is 12.6. The van der Waals surface area contributed by atoms with Crippen LogP contribution in [0, 0.1) is 0 Å². The van der Waals surface area contributed by atoms with Crippen molar-refractivity contribution in [1.29, 1.82) is 0 Å². The average Bonchev–Trinajstić information content (AvgIpc) is 2.71. The lowest BCUT2D eigenvalue weighted by Gasteiger charge is -2.19. The molecule has 9 heteroatoms. The third kappa shape index (κ3) is 2.89. The number of sulfonamides is 1. The summed E-state index contributed by atoms with van der Waals surface area (Å²) in [6.45, 7) is -0.249. The Labute approximate surface area is 134 Å². The van der Waals surface area contributed by atoms with Crippen LogP contribution in [0.15, 0.2) is 27.9 Å². The van der Waals surface area contributed by atoms with E-state index in [2.05, 4.69) is 0 Å². The molecule has 2 rings (SSSR count). The molecule has 0 saturated carbocycles. The minimum Gasteiger partial charge on any atom is -0.348 e. The number of carbonyl (C=O) groups excluding carboxylic acids is 1. The second-order valence-corrected chi connectivity index (χ2v) is 7.65. The van der Waals surface area contributed by atoms with Gasteiger partial charge in [0, 0.05) is 35.2 Å². The Bertz CT molecular complexity index is 924. The first-order valence-electron chi connectivity index (χ1n) is 6.89. The minimum atomic E-state index is -3.82. The summed E-state index contributed by atoms with van der Waals surface area (Å²) in [4.78, 5) is 25.0. The van der Waals surface area contributed by atoms with Crippen LogP contribution in [0.3, 0.4) is 0 Å². The van der Waals surface area contributed by atoms with E-state index in [0.29, 0.717) is 11.0 Å². The number of amides is 1. The van der Waals surface area contributed by atoms with Crippen LogP contribution in [0.2, 0.25) is 0 Å². The fraction of sp³-hybridized carbons (Fsp3) is 0.429. The minimum absolute atomic E-state index is 0.0419. The van der Waals surface area contributed by atoms with Gasteiger partial charge in [-0.15, -0.1) is 0 Å². The van der Waals surface area contributed by atoms with Gasteiger partial charge in [0.05, 0.1) is 22.5 Å². The van der Waals surface area contributed by atoms with E-state index in [4.69, 9.17) is 0 Å². The number of aryl methyl sites for hydroxylation is 2. The van der Waals surface area contributed by atoms with Crippen LogP contribution in [0.4, 0.5) is 0 Å². The highest BCUT2D eigenvalue weighted by Crippen LogP contribution is 2.20. The summed E-state index contributed by atoms with van der Waals surface area (Å²) in [6, 6.07) is 4.47. The number of nitrogens with zero attached hydrogens (tertiary/aromatic N) is 4. The number of benzene rings is 1. The molecule has 0 aliphatic carbocycles. The molecule has 126 valence electrons. The summed E-state index contributed by atoms with van der Waals surface area (Å²) in [7, 11) is 3.87. The van der Waals surface area contributed by atoms with Crippen molar-refractivity contribution >= 4 is 27.0 Å². The van der Waals surface area contributed by atoms with Crippen molar-refractivity contribution in [3.8, 4) is 0 Å². The molecule has 0 aliphatic rings. The fourth-order valence-corrected chi connectivity index (χ4v) is 3.38. The third-order valence-electron chi connectivity index (χ3n) is 3.81. The van der Waals surface area contributed by atoms with E-state index in [9.17, 15) is 18.0 Å². The van der Waals surface area contributed by atoms with Gasteiger partial charge >= 0.3 is 5.69 Å². The number of hydrogen-bond acceptors (Lipinski definition) is 4. The summed E-state index contributed by atoms with van der Waals surface area (Å²) in [5.41, 5.74) is 0.931. The summed E-state index contributed by atoms with van der Waals surface area (Å²) in [5.74, 6) is -0.315. The van der Waals surface area contributed by atoms with E-state index in [1.165, 1.54) is 33.2 Å². The van der Waals surface area contributed by atoms with Gasteiger partial charge in [0.15, 0.2) is 0 Å². The number of imidazole rings is 1. The van der Waals surface area contributed by atoms with E-state index in [1.54, 1.807) is 34.3 Å². The number of rotatable bonds is 4. The summed E-state index contributed by atoms with van der Waals surface area (Å²) < 4.78 is 29.0. The van der Waals surface area contributed by atoms with E-state index >= 15 is 0 Å². The van der Waals surface area contributed by atoms with Crippen LogP contribution in [-0.2, 0) is 28.9 Å². The molecule has 0 fully saturated rings. The summed E-state index contributed by atoms with van der Waals surface area (Å²) >= 11 is 0. The second kappa shape index (κ2) is 5.82. The number of fused-ring (bicyclic) bond motifs is 1. The highest BCUT2D eigenvalue weighted by atomic mass is 32.2. The Morgan fingerprint density at radius 2 is 1.65 bits per heavy atom. The predicted octanol–water partition coefficient (Wildman–Crippen LogP) is -0.414. The topological polar surface area (TPSA) is 84.6 Å². The Balaban J connectivity index is 2.48. The third-order valence-corrected chi connectivity index (χ3v) is 5.61. The van der Waals surface area contributed by atoms with Gasteiger partial charge in [-0.3, -0.25) is 13.9 Å². The van der Waals surface area contributed by atoms with Gasteiger partial charge in [-0.2, -0.15) is 4.31 Å². The van der Waals surface area contributed by atoms with Crippen molar-refractivity contribution in [3.05, 3.63) is 28.7 Å². The molecule has 0 unspecified atom stereocenters. The van der Waals surface area contributed by atoms with Crippen molar-refractivity contribution < 1.29 is 13.2 Å².